The summed E-state index contributed by atoms with van der Waals surface area (Å²) in [6.45, 7) is 5.67. The largest absolute Gasteiger partial charge is 0.372 e. The number of anilines is 1. The molecule has 1 aliphatic heterocycles. The van der Waals surface area contributed by atoms with Crippen molar-refractivity contribution >= 4 is 39.1 Å². The van der Waals surface area contributed by atoms with Crippen LogP contribution in [0.1, 0.15) is 34.1 Å². The first-order valence-corrected chi connectivity index (χ1v) is 9.27. The molecule has 1 aromatic carbocycles. The van der Waals surface area contributed by atoms with Crippen molar-refractivity contribution in [3.05, 3.63) is 38.3 Å². The summed E-state index contributed by atoms with van der Waals surface area (Å²) >= 11 is 2.30. The molecule has 0 radical (unpaired) electrons. The Hall–Kier alpha value is -1.08. The average Bonchev–Trinajstić information content (AvgIpc) is 3.34. The molecule has 4 rings (SSSR count). The molecule has 0 bridgehead atoms. The maximum atomic E-state index is 12.7. The molecule has 1 saturated carbocycles. The maximum absolute atomic E-state index is 12.7. The number of hydrogen-bond acceptors (Lipinski definition) is 3. The summed E-state index contributed by atoms with van der Waals surface area (Å²) in [5.74, 6) is 0. The lowest BCUT2D eigenvalue weighted by Crippen LogP contribution is -2.45. The fraction of sp³-hybridized carbons (Fsp3) is 0.500. The van der Waals surface area contributed by atoms with Crippen molar-refractivity contribution in [3.63, 3.8) is 0 Å². The molecule has 1 aromatic heterocycles. The SMILES string of the molecule is [2H]c1cc2c(=O)n(C3CC3)cc(I)c2cc1N1C[C@@H](C)O[C@@H](C)C1. The summed E-state index contributed by atoms with van der Waals surface area (Å²) in [5, 5.41) is 1.62. The lowest BCUT2D eigenvalue weighted by molar-refractivity contribution is -0.00521. The van der Waals surface area contributed by atoms with Crippen LogP contribution in [-0.2, 0) is 4.74 Å². The number of hydrogen-bond donors (Lipinski definition) is 0. The molecule has 2 fully saturated rings. The van der Waals surface area contributed by atoms with Crippen LogP contribution in [0.3, 0.4) is 0 Å². The summed E-state index contributed by atoms with van der Waals surface area (Å²) in [6.07, 6.45) is 4.42. The molecule has 4 nitrogen and oxygen atoms in total. The topological polar surface area (TPSA) is 34.5 Å². The lowest BCUT2D eigenvalue weighted by Gasteiger charge is -2.37. The Morgan fingerprint density at radius 3 is 2.61 bits per heavy atom. The Morgan fingerprint density at radius 1 is 1.26 bits per heavy atom. The predicted octanol–water partition coefficient (Wildman–Crippen LogP) is 3.55. The molecule has 2 heterocycles. The number of aromatic nitrogens is 1. The molecule has 1 aliphatic carbocycles. The van der Waals surface area contributed by atoms with Gasteiger partial charge in [-0.25, -0.2) is 0 Å². The van der Waals surface area contributed by atoms with Gasteiger partial charge in [0.05, 0.1) is 13.6 Å². The molecule has 5 heteroatoms. The molecule has 0 amide bonds. The molecule has 0 unspecified atom stereocenters. The smallest absolute Gasteiger partial charge is 0.258 e. The van der Waals surface area contributed by atoms with Gasteiger partial charge >= 0.3 is 0 Å². The van der Waals surface area contributed by atoms with Crippen LogP contribution in [0.5, 0.6) is 0 Å². The van der Waals surface area contributed by atoms with E-state index in [-0.39, 0.29) is 17.8 Å². The Labute approximate surface area is 151 Å². The lowest BCUT2D eigenvalue weighted by atomic mass is 10.1. The van der Waals surface area contributed by atoms with E-state index in [1.807, 2.05) is 16.8 Å². The van der Waals surface area contributed by atoms with Crippen LogP contribution in [0.4, 0.5) is 5.69 Å². The van der Waals surface area contributed by atoms with E-state index >= 15 is 0 Å². The molecule has 0 spiro atoms. The summed E-state index contributed by atoms with van der Waals surface area (Å²) in [6, 6.07) is 4.54. The first-order valence-electron chi connectivity index (χ1n) is 8.69. The normalized spacial score (nSPS) is 25.7. The number of benzene rings is 1. The number of morpholine rings is 1. The van der Waals surface area contributed by atoms with Gasteiger partial charge in [0.25, 0.3) is 5.56 Å². The van der Waals surface area contributed by atoms with Gasteiger partial charge in [0.2, 0.25) is 0 Å². The zero-order chi connectivity index (χ0) is 17.0. The van der Waals surface area contributed by atoms with Gasteiger partial charge in [0.15, 0.2) is 0 Å². The van der Waals surface area contributed by atoms with Crippen molar-refractivity contribution in [2.24, 2.45) is 0 Å². The number of nitrogens with zero attached hydrogens (tertiary/aromatic N) is 2. The molecule has 23 heavy (non-hydrogen) atoms. The highest BCUT2D eigenvalue weighted by Crippen LogP contribution is 2.35. The van der Waals surface area contributed by atoms with Gasteiger partial charge in [-0.3, -0.25) is 4.79 Å². The van der Waals surface area contributed by atoms with E-state index in [2.05, 4.69) is 41.3 Å². The molecule has 2 aliphatic rings. The summed E-state index contributed by atoms with van der Waals surface area (Å²) in [4.78, 5) is 15.0. The van der Waals surface area contributed by atoms with E-state index in [0.717, 1.165) is 40.6 Å². The quantitative estimate of drug-likeness (QED) is 0.691. The van der Waals surface area contributed by atoms with Crippen molar-refractivity contribution in [2.75, 3.05) is 18.0 Å². The molecule has 2 atom stereocenters. The van der Waals surface area contributed by atoms with Crippen LogP contribution >= 0.6 is 22.6 Å². The van der Waals surface area contributed by atoms with E-state index < -0.39 is 0 Å². The second kappa shape index (κ2) is 5.77. The minimum Gasteiger partial charge on any atom is -0.372 e. The Bertz CT molecular complexity index is 852. The molecule has 122 valence electrons. The van der Waals surface area contributed by atoms with E-state index in [9.17, 15) is 4.79 Å². The average molecular weight is 425 g/mol. The third-order valence-corrected chi connectivity index (χ3v) is 5.47. The highest BCUT2D eigenvalue weighted by Gasteiger charge is 2.26. The molecule has 1 saturated heterocycles. The molecular formula is C18H21IN2O2. The Kier molecular flexibility index (Phi) is 3.58. The van der Waals surface area contributed by atoms with Gasteiger partial charge < -0.3 is 14.2 Å². The van der Waals surface area contributed by atoms with Crippen LogP contribution in [0.2, 0.25) is 0 Å². The van der Waals surface area contributed by atoms with Crippen molar-refractivity contribution in [3.8, 4) is 0 Å². The number of halogens is 1. The fourth-order valence-corrected chi connectivity index (χ4v) is 4.17. The van der Waals surface area contributed by atoms with Crippen molar-refractivity contribution in [1.82, 2.24) is 4.57 Å². The third kappa shape index (κ3) is 2.89. The predicted molar refractivity (Wildman–Crippen MR) is 101 cm³/mol. The number of pyridine rings is 1. The van der Waals surface area contributed by atoms with Crippen molar-refractivity contribution < 1.29 is 6.11 Å². The van der Waals surface area contributed by atoms with Crippen molar-refractivity contribution in [2.45, 2.75) is 44.9 Å². The standard InChI is InChI=1S/C18H21IN2O2/c1-11-8-20(9-12(2)23-11)14-5-6-15-16(7-14)17(19)10-21(18(15)22)13-3-4-13/h5-7,10-13H,3-4,8-9H2,1-2H3/t11-,12+/i5D. The number of ether oxygens (including phenoxy) is 1. The monoisotopic (exact) mass is 425 g/mol. The van der Waals surface area contributed by atoms with Gasteiger partial charge in [0, 0.05) is 45.4 Å². The Balaban J connectivity index is 1.84. The molecule has 2 aromatic rings. The third-order valence-electron chi connectivity index (χ3n) is 4.61. The highest BCUT2D eigenvalue weighted by atomic mass is 127. The van der Waals surface area contributed by atoms with Crippen LogP contribution < -0.4 is 10.5 Å². The van der Waals surface area contributed by atoms with Crippen LogP contribution in [0, 0.1) is 3.57 Å². The second-order valence-corrected chi connectivity index (χ2v) is 7.89. The minimum absolute atomic E-state index is 0.0386. The van der Waals surface area contributed by atoms with Crippen LogP contribution in [0.25, 0.3) is 10.8 Å². The first-order chi connectivity index (χ1) is 11.4. The zero-order valence-corrected chi connectivity index (χ0v) is 15.5. The number of fused-ring (bicyclic) bond motifs is 1. The fourth-order valence-electron chi connectivity index (χ4n) is 3.43. The zero-order valence-electron chi connectivity index (χ0n) is 14.4. The van der Waals surface area contributed by atoms with E-state index in [1.54, 1.807) is 6.07 Å². The second-order valence-electron chi connectivity index (χ2n) is 6.73. The Morgan fingerprint density at radius 2 is 1.96 bits per heavy atom. The highest BCUT2D eigenvalue weighted by molar-refractivity contribution is 14.1. The first kappa shape index (κ1) is 14.3. The van der Waals surface area contributed by atoms with Crippen LogP contribution in [-0.4, -0.2) is 29.9 Å². The minimum atomic E-state index is 0.0386. The van der Waals surface area contributed by atoms with Gasteiger partial charge in [0.1, 0.15) is 0 Å². The van der Waals surface area contributed by atoms with Gasteiger partial charge in [-0.1, -0.05) is 0 Å². The number of rotatable bonds is 2. The summed E-state index contributed by atoms with van der Waals surface area (Å²) in [7, 11) is 0. The van der Waals surface area contributed by atoms with E-state index in [4.69, 9.17) is 6.11 Å². The van der Waals surface area contributed by atoms with Gasteiger partial charge in [-0.15, -0.1) is 0 Å². The van der Waals surface area contributed by atoms with Crippen molar-refractivity contribution in [1.29, 1.82) is 0 Å². The summed E-state index contributed by atoms with van der Waals surface area (Å²) < 4.78 is 17.2. The van der Waals surface area contributed by atoms with Crippen LogP contribution in [0.15, 0.2) is 29.2 Å². The van der Waals surface area contributed by atoms with Gasteiger partial charge in [-0.2, -0.15) is 0 Å². The maximum Gasteiger partial charge on any atom is 0.258 e. The molecular weight excluding hydrogens is 403 g/mol. The van der Waals surface area contributed by atoms with E-state index in [0.29, 0.717) is 17.5 Å². The molecule has 0 N–H and O–H groups in total. The summed E-state index contributed by atoms with van der Waals surface area (Å²) in [5.41, 5.74) is 0.933. The van der Waals surface area contributed by atoms with E-state index in [1.165, 1.54) is 0 Å². The van der Waals surface area contributed by atoms with Gasteiger partial charge in [-0.05, 0) is 67.5 Å².